The van der Waals surface area contributed by atoms with Gasteiger partial charge in [0.15, 0.2) is 5.65 Å². The Morgan fingerprint density at radius 1 is 0.969 bits per heavy atom. The predicted molar refractivity (Wildman–Crippen MR) is 124 cm³/mol. The van der Waals surface area contributed by atoms with Crippen LogP contribution in [0.5, 0.6) is 0 Å². The van der Waals surface area contributed by atoms with E-state index in [4.69, 9.17) is 4.98 Å². The van der Waals surface area contributed by atoms with E-state index in [9.17, 15) is 4.39 Å². The molecule has 0 atom stereocenters. The normalized spacial score (nSPS) is 11.6. The summed E-state index contributed by atoms with van der Waals surface area (Å²) in [5.74, 6) is 0.220. The zero-order valence-electron chi connectivity index (χ0n) is 18.5. The van der Waals surface area contributed by atoms with Gasteiger partial charge in [-0.25, -0.2) is 9.07 Å². The summed E-state index contributed by atoms with van der Waals surface area (Å²) in [6.07, 6.45) is 2.62. The monoisotopic (exact) mass is 428 g/mol. The van der Waals surface area contributed by atoms with Crippen molar-refractivity contribution in [2.75, 3.05) is 0 Å². The molecule has 0 radical (unpaired) electrons. The van der Waals surface area contributed by atoms with Crippen LogP contribution < -0.4 is 0 Å². The summed E-state index contributed by atoms with van der Waals surface area (Å²) in [4.78, 5) is 4.89. The van der Waals surface area contributed by atoms with Crippen molar-refractivity contribution in [3.63, 3.8) is 0 Å². The van der Waals surface area contributed by atoms with Crippen LogP contribution in [0.1, 0.15) is 42.3 Å². The first-order valence-corrected chi connectivity index (χ1v) is 11.0. The highest BCUT2D eigenvalue weighted by Crippen LogP contribution is 2.27. The number of aryl methyl sites for hydroxylation is 2. The number of halogens is 1. The highest BCUT2D eigenvalue weighted by molar-refractivity contribution is 6.04. The Labute approximate surface area is 185 Å². The molecule has 5 aromatic rings. The molecule has 3 aromatic heterocycles. The molecular formula is C25H25FN6. The lowest BCUT2D eigenvalue weighted by molar-refractivity contribution is 0.613. The fraction of sp³-hybridized carbons (Fsp3) is 0.280. The average Bonchev–Trinajstić information content (AvgIpc) is 3.27. The van der Waals surface area contributed by atoms with Crippen molar-refractivity contribution >= 4 is 22.1 Å². The number of nitrogens with zero attached hydrogens (tertiary/aromatic N) is 6. The van der Waals surface area contributed by atoms with Crippen molar-refractivity contribution in [3.8, 4) is 5.95 Å². The fourth-order valence-corrected chi connectivity index (χ4v) is 4.29. The van der Waals surface area contributed by atoms with E-state index in [1.807, 2.05) is 38.1 Å². The second-order valence-electron chi connectivity index (χ2n) is 8.14. The van der Waals surface area contributed by atoms with E-state index in [-0.39, 0.29) is 5.82 Å². The second-order valence-corrected chi connectivity index (χ2v) is 8.14. The van der Waals surface area contributed by atoms with Gasteiger partial charge in [-0.05, 0) is 38.0 Å². The van der Waals surface area contributed by atoms with Crippen molar-refractivity contribution in [1.82, 2.24) is 29.5 Å². The van der Waals surface area contributed by atoms with E-state index in [0.29, 0.717) is 17.9 Å². The maximum atomic E-state index is 14.2. The second kappa shape index (κ2) is 8.15. The standard InChI is InChI=1S/C25H25FN6/c1-4-5-14-31-22-13-9-7-11-19(22)23-24(31)27-25(29-28-23)32-17(3)20(16(2)30-32)15-18-10-6-8-12-21(18)26/h6-13H,4-5,14-15H2,1-3H3. The maximum absolute atomic E-state index is 14.2. The minimum absolute atomic E-state index is 0.209. The van der Waals surface area contributed by atoms with Crippen LogP contribution >= 0.6 is 0 Å². The van der Waals surface area contributed by atoms with Crippen LogP contribution in [-0.2, 0) is 13.0 Å². The third kappa shape index (κ3) is 3.34. The first-order chi connectivity index (χ1) is 15.6. The lowest BCUT2D eigenvalue weighted by Gasteiger charge is -2.07. The Balaban J connectivity index is 1.62. The highest BCUT2D eigenvalue weighted by atomic mass is 19.1. The van der Waals surface area contributed by atoms with E-state index in [1.165, 1.54) is 6.07 Å². The van der Waals surface area contributed by atoms with Crippen LogP contribution in [0.3, 0.4) is 0 Å². The van der Waals surface area contributed by atoms with Gasteiger partial charge in [0, 0.05) is 29.6 Å². The summed E-state index contributed by atoms with van der Waals surface area (Å²) >= 11 is 0. The topological polar surface area (TPSA) is 61.4 Å². The Hall–Kier alpha value is -3.61. The van der Waals surface area contributed by atoms with E-state index in [0.717, 1.165) is 58.4 Å². The summed E-state index contributed by atoms with van der Waals surface area (Å²) in [5.41, 5.74) is 6.08. The lowest BCUT2D eigenvalue weighted by Crippen LogP contribution is -2.08. The molecule has 0 bridgehead atoms. The fourth-order valence-electron chi connectivity index (χ4n) is 4.29. The minimum Gasteiger partial charge on any atom is -0.324 e. The summed E-state index contributed by atoms with van der Waals surface area (Å²) < 4.78 is 18.2. The number of unbranched alkanes of at least 4 members (excludes halogenated alkanes) is 1. The number of fused-ring (bicyclic) bond motifs is 3. The molecule has 0 aliphatic rings. The largest absolute Gasteiger partial charge is 0.324 e. The van der Waals surface area contributed by atoms with Crippen LogP contribution in [0.15, 0.2) is 48.5 Å². The number of hydrogen-bond donors (Lipinski definition) is 0. The number of aromatic nitrogens is 6. The van der Waals surface area contributed by atoms with Gasteiger partial charge in [-0.2, -0.15) is 10.1 Å². The molecule has 0 N–H and O–H groups in total. The van der Waals surface area contributed by atoms with Crippen LogP contribution in [0.25, 0.3) is 28.0 Å². The quantitative estimate of drug-likeness (QED) is 0.368. The molecule has 0 aliphatic heterocycles. The molecule has 0 amide bonds. The van der Waals surface area contributed by atoms with E-state index in [2.05, 4.69) is 38.9 Å². The number of benzene rings is 2. The molecule has 0 spiro atoms. The molecule has 7 heteroatoms. The maximum Gasteiger partial charge on any atom is 0.272 e. The zero-order valence-corrected chi connectivity index (χ0v) is 18.5. The van der Waals surface area contributed by atoms with Gasteiger partial charge >= 0.3 is 0 Å². The van der Waals surface area contributed by atoms with Gasteiger partial charge in [-0.1, -0.05) is 49.7 Å². The number of hydrogen-bond acceptors (Lipinski definition) is 4. The van der Waals surface area contributed by atoms with Gasteiger partial charge in [-0.3, -0.25) is 0 Å². The van der Waals surface area contributed by atoms with Gasteiger partial charge in [-0.15, -0.1) is 10.2 Å². The Kier molecular flexibility index (Phi) is 5.17. The smallest absolute Gasteiger partial charge is 0.272 e. The van der Waals surface area contributed by atoms with Crippen LogP contribution in [0.2, 0.25) is 0 Å². The van der Waals surface area contributed by atoms with Crippen molar-refractivity contribution in [2.24, 2.45) is 0 Å². The van der Waals surface area contributed by atoms with Gasteiger partial charge in [0.1, 0.15) is 11.3 Å². The molecule has 2 aromatic carbocycles. The Morgan fingerprint density at radius 3 is 2.56 bits per heavy atom. The number of rotatable bonds is 6. The van der Waals surface area contributed by atoms with Crippen LogP contribution in [0, 0.1) is 19.7 Å². The Morgan fingerprint density at radius 2 is 1.75 bits per heavy atom. The van der Waals surface area contributed by atoms with Crippen molar-refractivity contribution in [2.45, 2.75) is 46.6 Å². The molecule has 0 aliphatic carbocycles. The summed E-state index contributed by atoms with van der Waals surface area (Å²) in [7, 11) is 0. The summed E-state index contributed by atoms with van der Waals surface area (Å²) in [5, 5.41) is 14.7. The molecule has 162 valence electrons. The molecule has 3 heterocycles. The highest BCUT2D eigenvalue weighted by Gasteiger charge is 2.19. The SMILES string of the molecule is CCCCn1c2ccccc2c2nnc(-n3nc(C)c(Cc4ccccc4F)c3C)nc21. The zero-order chi connectivity index (χ0) is 22.2. The van der Waals surface area contributed by atoms with Gasteiger partial charge in [0.25, 0.3) is 5.95 Å². The van der Waals surface area contributed by atoms with Gasteiger partial charge in [0.2, 0.25) is 0 Å². The van der Waals surface area contributed by atoms with E-state index in [1.54, 1.807) is 10.7 Å². The minimum atomic E-state index is -0.209. The molecule has 0 saturated heterocycles. The first kappa shape index (κ1) is 20.3. The molecule has 6 nitrogen and oxygen atoms in total. The number of para-hydroxylation sites is 1. The predicted octanol–water partition coefficient (Wildman–Crippen LogP) is 5.31. The third-order valence-electron chi connectivity index (χ3n) is 6.05. The first-order valence-electron chi connectivity index (χ1n) is 11.0. The third-order valence-corrected chi connectivity index (χ3v) is 6.05. The van der Waals surface area contributed by atoms with Gasteiger partial charge in [0.05, 0.1) is 11.2 Å². The molecule has 5 rings (SSSR count). The molecule has 0 saturated carbocycles. The Bertz CT molecular complexity index is 1430. The van der Waals surface area contributed by atoms with Gasteiger partial charge < -0.3 is 4.57 Å². The van der Waals surface area contributed by atoms with E-state index >= 15 is 0 Å². The molecular weight excluding hydrogens is 403 g/mol. The summed E-state index contributed by atoms with van der Waals surface area (Å²) in [6, 6.07) is 15.1. The van der Waals surface area contributed by atoms with Crippen LogP contribution in [-0.4, -0.2) is 29.5 Å². The lowest BCUT2D eigenvalue weighted by atomic mass is 10.0. The molecule has 32 heavy (non-hydrogen) atoms. The van der Waals surface area contributed by atoms with Crippen LogP contribution in [0.4, 0.5) is 4.39 Å². The summed E-state index contributed by atoms with van der Waals surface area (Å²) in [6.45, 7) is 6.95. The van der Waals surface area contributed by atoms with Crippen molar-refractivity contribution in [1.29, 1.82) is 0 Å². The molecule has 0 fully saturated rings. The van der Waals surface area contributed by atoms with E-state index < -0.39 is 0 Å². The van der Waals surface area contributed by atoms with Crippen molar-refractivity contribution in [3.05, 3.63) is 76.9 Å². The molecule has 0 unspecified atom stereocenters. The van der Waals surface area contributed by atoms with Crippen molar-refractivity contribution < 1.29 is 4.39 Å². The average molecular weight is 429 g/mol.